The molecule has 0 bridgehead atoms. The maximum Gasteiger partial charge on any atom is 0.277 e. The summed E-state index contributed by atoms with van der Waals surface area (Å²) >= 11 is 0. The normalized spacial score (nSPS) is 10.1. The number of carbonyl (C=O) groups excluding carboxylic acids is 1. The first-order valence-electron chi connectivity index (χ1n) is 5.08. The molecule has 0 radical (unpaired) electrons. The van der Waals surface area contributed by atoms with Crippen molar-refractivity contribution in [3.63, 3.8) is 0 Å². The summed E-state index contributed by atoms with van der Waals surface area (Å²) in [5, 5.41) is 0. The van der Waals surface area contributed by atoms with E-state index in [4.69, 9.17) is 5.73 Å². The third-order valence-corrected chi connectivity index (χ3v) is 2.36. The van der Waals surface area contributed by atoms with Gasteiger partial charge in [0, 0.05) is 5.56 Å². The first-order valence-corrected chi connectivity index (χ1v) is 5.08. The number of aromatic nitrogens is 2. The maximum atomic E-state index is 11.8. The van der Waals surface area contributed by atoms with E-state index in [9.17, 15) is 9.59 Å². The first kappa shape index (κ1) is 11.1. The molecule has 1 aromatic carbocycles. The minimum atomic E-state index is -0.397. The van der Waals surface area contributed by atoms with Crippen LogP contribution in [0.15, 0.2) is 41.3 Å². The van der Waals surface area contributed by atoms with Gasteiger partial charge < -0.3 is 10.5 Å². The van der Waals surface area contributed by atoms with Crippen molar-refractivity contribution in [1.82, 2.24) is 9.55 Å². The second-order valence-corrected chi connectivity index (χ2v) is 3.49. The van der Waals surface area contributed by atoms with Gasteiger partial charge in [-0.3, -0.25) is 9.36 Å². The lowest BCUT2D eigenvalue weighted by molar-refractivity contribution is -0.108. The van der Waals surface area contributed by atoms with Crippen LogP contribution in [0, 0.1) is 0 Å². The lowest BCUT2D eigenvalue weighted by atomic mass is 10.2. The topological polar surface area (TPSA) is 78.0 Å². The highest BCUT2D eigenvalue weighted by Crippen LogP contribution is 2.14. The van der Waals surface area contributed by atoms with Crippen LogP contribution in [0.1, 0.15) is 0 Å². The van der Waals surface area contributed by atoms with E-state index in [1.54, 1.807) is 0 Å². The second-order valence-electron chi connectivity index (χ2n) is 3.49. The molecule has 0 aliphatic rings. The molecule has 0 unspecified atom stereocenters. The standard InChI is InChI=1S/C12H11N3O2/c13-10-8-14-11(9-4-2-1-3-5-9)15(6-7-16)12(10)17/h1-5,7-8H,6,13H2. The van der Waals surface area contributed by atoms with Gasteiger partial charge in [-0.05, 0) is 0 Å². The van der Waals surface area contributed by atoms with Crippen molar-refractivity contribution in [1.29, 1.82) is 0 Å². The zero-order valence-electron chi connectivity index (χ0n) is 9.04. The Labute approximate surface area is 97.5 Å². The molecular weight excluding hydrogens is 218 g/mol. The van der Waals surface area contributed by atoms with Crippen molar-refractivity contribution in [2.75, 3.05) is 5.73 Å². The van der Waals surface area contributed by atoms with Crippen LogP contribution in [0.4, 0.5) is 5.69 Å². The van der Waals surface area contributed by atoms with Crippen LogP contribution < -0.4 is 11.3 Å². The van der Waals surface area contributed by atoms with Crippen molar-refractivity contribution in [2.24, 2.45) is 0 Å². The Hall–Kier alpha value is -2.43. The van der Waals surface area contributed by atoms with Crippen LogP contribution in [0.5, 0.6) is 0 Å². The number of hydrogen-bond acceptors (Lipinski definition) is 4. The van der Waals surface area contributed by atoms with E-state index in [0.717, 1.165) is 5.56 Å². The van der Waals surface area contributed by atoms with Gasteiger partial charge in [0.2, 0.25) is 0 Å². The molecule has 5 heteroatoms. The molecule has 2 aromatic rings. The van der Waals surface area contributed by atoms with E-state index in [1.165, 1.54) is 10.8 Å². The fourth-order valence-corrected chi connectivity index (χ4v) is 1.57. The van der Waals surface area contributed by atoms with Gasteiger partial charge >= 0.3 is 0 Å². The molecule has 1 heterocycles. The number of nitrogens with zero attached hydrogens (tertiary/aromatic N) is 2. The van der Waals surface area contributed by atoms with E-state index in [-0.39, 0.29) is 12.2 Å². The Kier molecular flexibility index (Phi) is 3.00. The Bertz CT molecular complexity index is 590. The summed E-state index contributed by atoms with van der Waals surface area (Å²) in [5.74, 6) is 0.442. The highest BCUT2D eigenvalue weighted by Gasteiger charge is 2.09. The average Bonchev–Trinajstić information content (AvgIpc) is 2.36. The number of nitrogen functional groups attached to an aromatic ring is 1. The Morgan fingerprint density at radius 3 is 2.65 bits per heavy atom. The highest BCUT2D eigenvalue weighted by atomic mass is 16.1. The van der Waals surface area contributed by atoms with Gasteiger partial charge in [-0.15, -0.1) is 0 Å². The maximum absolute atomic E-state index is 11.8. The van der Waals surface area contributed by atoms with Gasteiger partial charge in [0.1, 0.15) is 17.8 Å². The number of anilines is 1. The van der Waals surface area contributed by atoms with Crippen LogP contribution in [0.3, 0.4) is 0 Å². The molecule has 0 fully saturated rings. The predicted molar refractivity (Wildman–Crippen MR) is 64.4 cm³/mol. The molecule has 5 nitrogen and oxygen atoms in total. The van der Waals surface area contributed by atoms with Crippen LogP contribution in [0.25, 0.3) is 11.4 Å². The summed E-state index contributed by atoms with van der Waals surface area (Å²) in [4.78, 5) is 26.5. The molecule has 0 amide bonds. The van der Waals surface area contributed by atoms with E-state index in [0.29, 0.717) is 12.1 Å². The lowest BCUT2D eigenvalue weighted by Gasteiger charge is -2.09. The number of benzene rings is 1. The average molecular weight is 229 g/mol. The monoisotopic (exact) mass is 229 g/mol. The SMILES string of the molecule is Nc1cnc(-c2ccccc2)n(CC=O)c1=O. The quantitative estimate of drug-likeness (QED) is 0.785. The van der Waals surface area contributed by atoms with E-state index in [2.05, 4.69) is 4.98 Å². The van der Waals surface area contributed by atoms with Crippen molar-refractivity contribution in [2.45, 2.75) is 6.54 Å². The fraction of sp³-hybridized carbons (Fsp3) is 0.0833. The third kappa shape index (κ3) is 2.08. The molecule has 0 aliphatic carbocycles. The summed E-state index contributed by atoms with van der Waals surface area (Å²) < 4.78 is 1.26. The van der Waals surface area contributed by atoms with Crippen LogP contribution in [-0.2, 0) is 11.3 Å². The molecule has 2 N–H and O–H groups in total. The minimum Gasteiger partial charge on any atom is -0.393 e. The van der Waals surface area contributed by atoms with Gasteiger partial charge in [0.05, 0.1) is 12.7 Å². The molecule has 86 valence electrons. The third-order valence-electron chi connectivity index (χ3n) is 2.36. The highest BCUT2D eigenvalue weighted by molar-refractivity contribution is 5.59. The molecular formula is C12H11N3O2. The molecule has 0 aliphatic heterocycles. The van der Waals surface area contributed by atoms with Gasteiger partial charge in [0.25, 0.3) is 5.56 Å². The Balaban J connectivity index is 2.66. The molecule has 0 atom stereocenters. The van der Waals surface area contributed by atoms with Gasteiger partial charge in [-0.1, -0.05) is 30.3 Å². The largest absolute Gasteiger partial charge is 0.393 e. The van der Waals surface area contributed by atoms with Gasteiger partial charge in [0.15, 0.2) is 0 Å². The summed E-state index contributed by atoms with van der Waals surface area (Å²) in [6, 6.07) is 9.17. The summed E-state index contributed by atoms with van der Waals surface area (Å²) in [7, 11) is 0. The molecule has 17 heavy (non-hydrogen) atoms. The van der Waals surface area contributed by atoms with Gasteiger partial charge in [-0.2, -0.15) is 0 Å². The molecule has 0 spiro atoms. The van der Waals surface area contributed by atoms with Crippen LogP contribution in [-0.4, -0.2) is 15.8 Å². The number of rotatable bonds is 3. The van der Waals surface area contributed by atoms with Gasteiger partial charge in [-0.25, -0.2) is 4.98 Å². The summed E-state index contributed by atoms with van der Waals surface area (Å²) in [5.41, 5.74) is 5.89. The summed E-state index contributed by atoms with van der Waals surface area (Å²) in [6.07, 6.45) is 1.96. The van der Waals surface area contributed by atoms with E-state index < -0.39 is 5.56 Å². The minimum absolute atomic E-state index is 0.0338. The first-order chi connectivity index (χ1) is 8.24. The van der Waals surface area contributed by atoms with Crippen LogP contribution in [0.2, 0.25) is 0 Å². The van der Waals surface area contributed by atoms with Crippen molar-refractivity contribution >= 4 is 12.0 Å². The van der Waals surface area contributed by atoms with E-state index >= 15 is 0 Å². The number of carbonyl (C=O) groups is 1. The smallest absolute Gasteiger partial charge is 0.277 e. The Morgan fingerprint density at radius 1 is 1.29 bits per heavy atom. The second kappa shape index (κ2) is 4.61. The number of hydrogen-bond donors (Lipinski definition) is 1. The van der Waals surface area contributed by atoms with Crippen molar-refractivity contribution in [3.05, 3.63) is 46.9 Å². The number of aldehydes is 1. The molecule has 0 saturated carbocycles. The number of nitrogens with two attached hydrogens (primary N) is 1. The molecule has 0 saturated heterocycles. The fourth-order valence-electron chi connectivity index (χ4n) is 1.57. The molecule has 2 rings (SSSR count). The Morgan fingerprint density at radius 2 is 2.00 bits per heavy atom. The lowest BCUT2D eigenvalue weighted by Crippen LogP contribution is -2.26. The predicted octanol–water partition coefficient (Wildman–Crippen LogP) is 0.691. The van der Waals surface area contributed by atoms with Crippen molar-refractivity contribution < 1.29 is 4.79 Å². The van der Waals surface area contributed by atoms with Crippen LogP contribution >= 0.6 is 0 Å². The molecule has 1 aromatic heterocycles. The zero-order valence-corrected chi connectivity index (χ0v) is 9.04. The zero-order chi connectivity index (χ0) is 12.3. The van der Waals surface area contributed by atoms with Crippen molar-refractivity contribution in [3.8, 4) is 11.4 Å². The van der Waals surface area contributed by atoms with E-state index in [1.807, 2.05) is 30.3 Å². The summed E-state index contributed by atoms with van der Waals surface area (Å²) in [6.45, 7) is -0.0545.